The minimum atomic E-state index is -0.816. The molecule has 0 amide bonds. The lowest BCUT2D eigenvalue weighted by atomic mass is 10.0. The van der Waals surface area contributed by atoms with Gasteiger partial charge in [0, 0.05) is 19.3 Å². The van der Waals surface area contributed by atoms with Crippen LogP contribution in [-0.4, -0.2) is 37.2 Å². The maximum absolute atomic E-state index is 12.9. The first-order valence-corrected chi connectivity index (χ1v) is 33.0. The van der Waals surface area contributed by atoms with E-state index in [0.29, 0.717) is 19.3 Å². The maximum atomic E-state index is 12.9. The molecular formula is C75H120O6. The van der Waals surface area contributed by atoms with Gasteiger partial charge < -0.3 is 14.2 Å². The van der Waals surface area contributed by atoms with Crippen LogP contribution in [0.2, 0.25) is 0 Å². The number of carbonyl (C=O) groups is 3. The van der Waals surface area contributed by atoms with Gasteiger partial charge in [-0.1, -0.05) is 301 Å². The van der Waals surface area contributed by atoms with Crippen molar-refractivity contribution in [1.29, 1.82) is 0 Å². The number of allylic oxidation sites excluding steroid dienone is 26. The SMILES string of the molecule is CC/C=C\C/C=C\C/C=C\C/C=C\C/C=C\C/C=C\C/C=C\C/C=C\C/C=C\CCCCCCCCCC(=O)OCC(COC(=O)CC/C=C\C/C=C\C/C=C\C/C=C\CC)OC(=O)CCCCCCCCCCCCCCCCC. The molecule has 6 nitrogen and oxygen atoms in total. The molecule has 0 aromatic heterocycles. The molecule has 0 aliphatic rings. The standard InChI is InChI=1S/C75H120O6/c1-4-7-10-13-16-19-22-25-27-28-29-30-31-32-33-34-35-36-37-38-39-40-41-42-43-44-45-46-48-50-53-56-59-62-65-68-74(77)80-71-72(70-79-73(76)67-64-61-58-55-52-49-24-21-18-15-12-9-6-3)81-75(78)69-66-63-60-57-54-51-47-26-23-20-17-14-11-8-5-2/h7,9-10,12,16,18-19,21,25,27,29-30,32-33,35-36,38-39,41-42,44-45,49,52,58,61,72H,4-6,8,11,13-15,17,20,22-24,26,28,31,34,37,40,43,46-48,50-51,53-57,59-60,62-71H2,1-3H3/b10-7-,12-9-,19-16-,21-18-,27-25-,30-29-,33-32-,36-35-,39-38-,42-41-,45-44-,52-49-,61-58-. The van der Waals surface area contributed by atoms with Crippen LogP contribution in [0.5, 0.6) is 0 Å². The molecule has 0 aliphatic carbocycles. The number of carbonyl (C=O) groups excluding carboxylic acids is 3. The Morgan fingerprint density at radius 1 is 0.259 bits per heavy atom. The lowest BCUT2D eigenvalue weighted by molar-refractivity contribution is -0.166. The number of ether oxygens (including phenoxy) is 3. The molecule has 1 unspecified atom stereocenters. The summed E-state index contributed by atoms with van der Waals surface area (Å²) in [5, 5.41) is 0. The van der Waals surface area contributed by atoms with Crippen LogP contribution < -0.4 is 0 Å². The normalized spacial score (nSPS) is 13.2. The summed E-state index contributed by atoms with van der Waals surface area (Å²) < 4.78 is 16.8. The van der Waals surface area contributed by atoms with Gasteiger partial charge in [-0.25, -0.2) is 0 Å². The van der Waals surface area contributed by atoms with Crippen LogP contribution >= 0.6 is 0 Å². The van der Waals surface area contributed by atoms with E-state index < -0.39 is 6.10 Å². The quantitative estimate of drug-likeness (QED) is 0.0261. The summed E-state index contributed by atoms with van der Waals surface area (Å²) in [4.78, 5) is 38.2. The van der Waals surface area contributed by atoms with Crippen molar-refractivity contribution >= 4 is 17.9 Å². The van der Waals surface area contributed by atoms with Gasteiger partial charge >= 0.3 is 17.9 Å². The van der Waals surface area contributed by atoms with Crippen molar-refractivity contribution in [3.05, 3.63) is 158 Å². The van der Waals surface area contributed by atoms with Crippen molar-refractivity contribution in [3.8, 4) is 0 Å². The first-order chi connectivity index (χ1) is 40.0. The van der Waals surface area contributed by atoms with Crippen LogP contribution in [0, 0.1) is 0 Å². The van der Waals surface area contributed by atoms with E-state index in [0.717, 1.165) is 128 Å². The highest BCUT2D eigenvalue weighted by molar-refractivity contribution is 5.71. The fraction of sp³-hybridized carbons (Fsp3) is 0.613. The smallest absolute Gasteiger partial charge is 0.306 e. The molecule has 456 valence electrons. The van der Waals surface area contributed by atoms with Crippen LogP contribution in [0.1, 0.15) is 278 Å². The summed E-state index contributed by atoms with van der Waals surface area (Å²) in [6.07, 6.45) is 98.5. The van der Waals surface area contributed by atoms with Crippen molar-refractivity contribution in [3.63, 3.8) is 0 Å². The number of hydrogen-bond acceptors (Lipinski definition) is 6. The predicted molar refractivity (Wildman–Crippen MR) is 352 cm³/mol. The summed E-state index contributed by atoms with van der Waals surface area (Å²) in [7, 11) is 0. The fourth-order valence-corrected chi connectivity index (χ4v) is 8.68. The van der Waals surface area contributed by atoms with E-state index in [1.165, 1.54) is 103 Å². The number of hydrogen-bond donors (Lipinski definition) is 0. The zero-order valence-corrected chi connectivity index (χ0v) is 52.2. The largest absolute Gasteiger partial charge is 0.462 e. The van der Waals surface area contributed by atoms with Crippen molar-refractivity contribution in [2.75, 3.05) is 13.2 Å². The molecule has 0 saturated heterocycles. The van der Waals surface area contributed by atoms with E-state index in [-0.39, 0.29) is 37.5 Å². The zero-order chi connectivity index (χ0) is 58.5. The van der Waals surface area contributed by atoms with Gasteiger partial charge in [-0.05, 0) is 116 Å². The number of esters is 3. The second-order valence-electron chi connectivity index (χ2n) is 21.3. The average Bonchev–Trinajstić information content (AvgIpc) is 3.46. The Morgan fingerprint density at radius 3 is 0.827 bits per heavy atom. The molecule has 0 N–H and O–H groups in total. The Balaban J connectivity index is 4.30. The summed E-state index contributed by atoms with van der Waals surface area (Å²) in [5.41, 5.74) is 0. The monoisotopic (exact) mass is 1120 g/mol. The van der Waals surface area contributed by atoms with Gasteiger partial charge in [-0.15, -0.1) is 0 Å². The predicted octanol–water partition coefficient (Wildman–Crippen LogP) is 22.9. The number of unbranched alkanes of at least 4 members (excludes halogenated alkanes) is 21. The Hall–Kier alpha value is -4.97. The molecule has 0 radical (unpaired) electrons. The molecule has 1 atom stereocenters. The molecule has 0 saturated carbocycles. The Bertz CT molecular complexity index is 1810. The van der Waals surface area contributed by atoms with Crippen molar-refractivity contribution in [1.82, 2.24) is 0 Å². The van der Waals surface area contributed by atoms with Crippen molar-refractivity contribution < 1.29 is 28.6 Å². The Labute approximate surface area is 499 Å². The first-order valence-electron chi connectivity index (χ1n) is 33.0. The first kappa shape index (κ1) is 76.0. The van der Waals surface area contributed by atoms with Crippen LogP contribution in [0.4, 0.5) is 0 Å². The third-order valence-electron chi connectivity index (χ3n) is 13.5. The van der Waals surface area contributed by atoms with Crippen LogP contribution in [0.15, 0.2) is 158 Å². The van der Waals surface area contributed by atoms with Gasteiger partial charge in [0.15, 0.2) is 6.10 Å². The van der Waals surface area contributed by atoms with Gasteiger partial charge in [-0.2, -0.15) is 0 Å². The van der Waals surface area contributed by atoms with E-state index in [4.69, 9.17) is 14.2 Å². The zero-order valence-electron chi connectivity index (χ0n) is 52.2. The van der Waals surface area contributed by atoms with Gasteiger partial charge in [0.2, 0.25) is 0 Å². The molecule has 0 aromatic carbocycles. The minimum absolute atomic E-state index is 0.109. The molecule has 6 heteroatoms. The third-order valence-corrected chi connectivity index (χ3v) is 13.5. The second kappa shape index (κ2) is 67.5. The van der Waals surface area contributed by atoms with E-state index in [1.807, 2.05) is 6.08 Å². The van der Waals surface area contributed by atoms with Crippen LogP contribution in [0.25, 0.3) is 0 Å². The van der Waals surface area contributed by atoms with Crippen LogP contribution in [-0.2, 0) is 28.6 Å². The third kappa shape index (κ3) is 65.7. The highest BCUT2D eigenvalue weighted by Crippen LogP contribution is 2.16. The van der Waals surface area contributed by atoms with Gasteiger partial charge in [0.1, 0.15) is 13.2 Å². The van der Waals surface area contributed by atoms with Crippen LogP contribution in [0.3, 0.4) is 0 Å². The molecule has 81 heavy (non-hydrogen) atoms. The lowest BCUT2D eigenvalue weighted by Crippen LogP contribution is -2.30. The topological polar surface area (TPSA) is 78.9 Å². The Kier molecular flexibility index (Phi) is 63.4. The molecule has 0 fully saturated rings. The van der Waals surface area contributed by atoms with E-state index in [9.17, 15) is 14.4 Å². The molecule has 0 heterocycles. The second-order valence-corrected chi connectivity index (χ2v) is 21.3. The molecule has 0 aromatic rings. The fourth-order valence-electron chi connectivity index (χ4n) is 8.68. The average molecular weight is 1120 g/mol. The summed E-state index contributed by atoms with van der Waals surface area (Å²) in [5.74, 6) is -1.00. The molecular weight excluding hydrogens is 997 g/mol. The van der Waals surface area contributed by atoms with Crippen molar-refractivity contribution in [2.24, 2.45) is 0 Å². The summed E-state index contributed by atoms with van der Waals surface area (Å²) in [6, 6.07) is 0. The minimum Gasteiger partial charge on any atom is -0.462 e. The highest BCUT2D eigenvalue weighted by Gasteiger charge is 2.19. The van der Waals surface area contributed by atoms with Crippen molar-refractivity contribution in [2.45, 2.75) is 284 Å². The molecule has 0 bridgehead atoms. The van der Waals surface area contributed by atoms with E-state index in [1.54, 1.807) is 0 Å². The van der Waals surface area contributed by atoms with Gasteiger partial charge in [-0.3, -0.25) is 14.4 Å². The summed E-state index contributed by atoms with van der Waals surface area (Å²) >= 11 is 0. The van der Waals surface area contributed by atoms with E-state index in [2.05, 4.69) is 173 Å². The van der Waals surface area contributed by atoms with Gasteiger partial charge in [0.25, 0.3) is 0 Å². The molecule has 0 rings (SSSR count). The maximum Gasteiger partial charge on any atom is 0.306 e. The molecule has 0 aliphatic heterocycles. The highest BCUT2D eigenvalue weighted by atomic mass is 16.6. The van der Waals surface area contributed by atoms with Gasteiger partial charge in [0.05, 0.1) is 0 Å². The lowest BCUT2D eigenvalue weighted by Gasteiger charge is -2.18. The molecule has 0 spiro atoms. The Morgan fingerprint density at radius 2 is 0.506 bits per heavy atom. The number of rotatable bonds is 58. The summed E-state index contributed by atoms with van der Waals surface area (Å²) in [6.45, 7) is 6.34. The van der Waals surface area contributed by atoms with E-state index >= 15 is 0 Å².